The molecule has 0 fully saturated rings. The standard InChI is InChI=1S/C24H16Cl4N2O7S/c1-9(21(32)29-11-5-6-14(31)13(8-11)23(34)35)38-12-4-2-3-10(7-12)30-22(33)15-16(24(36)37)18(26)20(28)19(27)17(15)25/h2-9,31H,1H3,(H,29,32)(H,30,33)(H,34,35)(H,36,37). The van der Waals surface area contributed by atoms with Crippen molar-refractivity contribution in [2.75, 3.05) is 10.6 Å². The number of hydrogen-bond acceptors (Lipinski definition) is 6. The monoisotopic (exact) mass is 616 g/mol. The van der Waals surface area contributed by atoms with E-state index in [2.05, 4.69) is 10.6 Å². The van der Waals surface area contributed by atoms with Gasteiger partial charge in [0.15, 0.2) is 0 Å². The molecule has 2 amide bonds. The second kappa shape index (κ2) is 12.1. The number of aromatic carboxylic acids is 2. The van der Waals surface area contributed by atoms with Gasteiger partial charge in [-0.1, -0.05) is 52.5 Å². The maximum atomic E-state index is 13.0. The number of rotatable bonds is 8. The first kappa shape index (κ1) is 29.4. The lowest BCUT2D eigenvalue weighted by atomic mass is 10.1. The van der Waals surface area contributed by atoms with Crippen LogP contribution in [-0.4, -0.2) is 44.3 Å². The number of anilines is 2. The summed E-state index contributed by atoms with van der Waals surface area (Å²) in [5, 5.41) is 31.3. The van der Waals surface area contributed by atoms with Gasteiger partial charge in [-0.05, 0) is 43.3 Å². The number of nitrogens with one attached hydrogen (secondary N) is 2. The molecule has 0 aliphatic heterocycles. The summed E-state index contributed by atoms with van der Waals surface area (Å²) >= 11 is 25.2. The fraction of sp³-hybridized carbons (Fsp3) is 0.0833. The molecular formula is C24H16Cl4N2O7S. The Hall–Kier alpha value is -3.15. The smallest absolute Gasteiger partial charge is 0.339 e. The fourth-order valence-electron chi connectivity index (χ4n) is 3.17. The van der Waals surface area contributed by atoms with Crippen molar-refractivity contribution in [3.8, 4) is 5.75 Å². The van der Waals surface area contributed by atoms with Crippen molar-refractivity contribution in [2.45, 2.75) is 17.1 Å². The summed E-state index contributed by atoms with van der Waals surface area (Å²) in [5.41, 5.74) is -1.00. The Kier molecular flexibility index (Phi) is 9.40. The molecule has 3 aromatic rings. The quantitative estimate of drug-likeness (QED) is 0.0803. The molecule has 1 atom stereocenters. The van der Waals surface area contributed by atoms with Crippen LogP contribution in [0.25, 0.3) is 0 Å². The Labute approximate surface area is 239 Å². The second-order valence-electron chi connectivity index (χ2n) is 7.58. The van der Waals surface area contributed by atoms with E-state index in [1.807, 2.05) is 0 Å². The summed E-state index contributed by atoms with van der Waals surface area (Å²) in [4.78, 5) is 49.1. The zero-order valence-electron chi connectivity index (χ0n) is 19.0. The molecule has 9 nitrogen and oxygen atoms in total. The van der Waals surface area contributed by atoms with Crippen LogP contribution in [0.3, 0.4) is 0 Å². The van der Waals surface area contributed by atoms with Crippen molar-refractivity contribution in [1.29, 1.82) is 0 Å². The van der Waals surface area contributed by atoms with Gasteiger partial charge in [0.25, 0.3) is 5.91 Å². The Morgan fingerprint density at radius 1 is 0.789 bits per heavy atom. The van der Waals surface area contributed by atoms with Crippen LogP contribution in [0.15, 0.2) is 47.4 Å². The Morgan fingerprint density at radius 3 is 2.00 bits per heavy atom. The molecule has 0 radical (unpaired) electrons. The molecule has 0 heterocycles. The summed E-state index contributed by atoms with van der Waals surface area (Å²) in [7, 11) is 0. The minimum Gasteiger partial charge on any atom is -0.507 e. The van der Waals surface area contributed by atoms with Gasteiger partial charge in [-0.25, -0.2) is 9.59 Å². The first-order valence-electron chi connectivity index (χ1n) is 10.4. The predicted molar refractivity (Wildman–Crippen MR) is 147 cm³/mol. The number of carbonyl (C=O) groups excluding carboxylic acids is 2. The van der Waals surface area contributed by atoms with Crippen LogP contribution in [0.2, 0.25) is 20.1 Å². The molecule has 0 aromatic heterocycles. The van der Waals surface area contributed by atoms with E-state index < -0.39 is 50.9 Å². The molecule has 0 spiro atoms. The highest BCUT2D eigenvalue weighted by Crippen LogP contribution is 2.42. The van der Waals surface area contributed by atoms with Gasteiger partial charge >= 0.3 is 11.9 Å². The van der Waals surface area contributed by atoms with E-state index in [1.54, 1.807) is 25.1 Å². The van der Waals surface area contributed by atoms with E-state index in [9.17, 15) is 29.4 Å². The van der Waals surface area contributed by atoms with E-state index in [0.717, 1.165) is 23.9 Å². The number of hydrogen-bond donors (Lipinski definition) is 5. The normalized spacial score (nSPS) is 11.5. The summed E-state index contributed by atoms with van der Waals surface area (Å²) in [6.45, 7) is 1.61. The first-order chi connectivity index (χ1) is 17.8. The van der Waals surface area contributed by atoms with Crippen LogP contribution in [0, 0.1) is 0 Å². The van der Waals surface area contributed by atoms with Gasteiger partial charge in [0, 0.05) is 16.3 Å². The van der Waals surface area contributed by atoms with Gasteiger partial charge in [0.1, 0.15) is 11.3 Å². The largest absolute Gasteiger partial charge is 0.507 e. The molecule has 0 bridgehead atoms. The number of carboxylic acids is 2. The lowest BCUT2D eigenvalue weighted by molar-refractivity contribution is -0.115. The second-order valence-corrected chi connectivity index (χ2v) is 10.5. The molecule has 3 rings (SSSR count). The molecule has 0 aliphatic rings. The zero-order valence-corrected chi connectivity index (χ0v) is 22.9. The van der Waals surface area contributed by atoms with Crippen LogP contribution >= 0.6 is 58.2 Å². The van der Waals surface area contributed by atoms with Crippen molar-refractivity contribution in [3.63, 3.8) is 0 Å². The number of benzene rings is 3. The summed E-state index contributed by atoms with van der Waals surface area (Å²) in [6, 6.07) is 10.0. The maximum Gasteiger partial charge on any atom is 0.339 e. The summed E-state index contributed by atoms with van der Waals surface area (Å²) in [5.74, 6) is -4.66. The van der Waals surface area contributed by atoms with Crippen LogP contribution in [0.5, 0.6) is 5.75 Å². The number of phenols is 1. The van der Waals surface area contributed by atoms with E-state index in [0.29, 0.717) is 4.90 Å². The van der Waals surface area contributed by atoms with Crippen LogP contribution < -0.4 is 10.6 Å². The van der Waals surface area contributed by atoms with Crippen molar-refractivity contribution in [3.05, 3.63) is 79.2 Å². The molecule has 0 saturated carbocycles. The predicted octanol–water partition coefficient (Wildman–Crippen LogP) is 6.77. The number of halogens is 4. The van der Waals surface area contributed by atoms with Gasteiger partial charge in [0.2, 0.25) is 5.91 Å². The van der Waals surface area contributed by atoms with Gasteiger partial charge in [-0.2, -0.15) is 0 Å². The Morgan fingerprint density at radius 2 is 1.39 bits per heavy atom. The first-order valence-corrected chi connectivity index (χ1v) is 12.8. The van der Waals surface area contributed by atoms with E-state index in [-0.39, 0.29) is 32.0 Å². The van der Waals surface area contributed by atoms with Crippen molar-refractivity contribution in [1.82, 2.24) is 0 Å². The fourth-order valence-corrected chi connectivity index (χ4v) is 5.12. The Bertz CT molecular complexity index is 1480. The molecule has 3 aromatic carbocycles. The van der Waals surface area contributed by atoms with Crippen LogP contribution in [0.1, 0.15) is 38.0 Å². The third kappa shape index (κ3) is 6.46. The number of carboxylic acid groups (broad SMARTS) is 2. The average Bonchev–Trinajstić information content (AvgIpc) is 2.85. The topological polar surface area (TPSA) is 153 Å². The van der Waals surface area contributed by atoms with E-state index >= 15 is 0 Å². The molecule has 5 N–H and O–H groups in total. The van der Waals surface area contributed by atoms with Crippen LogP contribution in [0.4, 0.5) is 11.4 Å². The van der Waals surface area contributed by atoms with Crippen LogP contribution in [-0.2, 0) is 4.79 Å². The van der Waals surface area contributed by atoms with Gasteiger partial charge in [0.05, 0.1) is 36.5 Å². The van der Waals surface area contributed by atoms with E-state index in [4.69, 9.17) is 51.5 Å². The average molecular weight is 618 g/mol. The molecular weight excluding hydrogens is 602 g/mol. The van der Waals surface area contributed by atoms with Crippen molar-refractivity contribution >= 4 is 93.3 Å². The summed E-state index contributed by atoms with van der Waals surface area (Å²) < 4.78 is 0. The number of aromatic hydroxyl groups is 1. The minimum atomic E-state index is -1.53. The molecule has 0 aliphatic carbocycles. The van der Waals surface area contributed by atoms with Crippen molar-refractivity contribution < 1.29 is 34.5 Å². The molecule has 38 heavy (non-hydrogen) atoms. The molecule has 0 saturated heterocycles. The van der Waals surface area contributed by atoms with Crippen molar-refractivity contribution in [2.24, 2.45) is 0 Å². The number of carbonyl (C=O) groups is 4. The van der Waals surface area contributed by atoms with Gasteiger partial charge < -0.3 is 26.0 Å². The number of thioether (sulfide) groups is 1. The maximum absolute atomic E-state index is 13.0. The van der Waals surface area contributed by atoms with Gasteiger partial charge in [-0.15, -0.1) is 11.8 Å². The lowest BCUT2D eigenvalue weighted by Gasteiger charge is -2.15. The third-order valence-electron chi connectivity index (χ3n) is 4.98. The lowest BCUT2D eigenvalue weighted by Crippen LogP contribution is -2.22. The molecule has 198 valence electrons. The van der Waals surface area contributed by atoms with E-state index in [1.165, 1.54) is 12.1 Å². The minimum absolute atomic E-state index is 0.185. The SMILES string of the molecule is CC(Sc1cccc(NC(=O)c2c(Cl)c(Cl)c(Cl)c(Cl)c2C(=O)O)c1)C(=O)Nc1ccc(O)c(C(=O)O)c1. The van der Waals surface area contributed by atoms with Gasteiger partial charge in [-0.3, -0.25) is 9.59 Å². The third-order valence-corrected chi connectivity index (χ3v) is 7.87. The molecule has 1 unspecified atom stereocenters. The highest BCUT2D eigenvalue weighted by molar-refractivity contribution is 8.00. The Balaban J connectivity index is 1.77. The zero-order chi connectivity index (χ0) is 28.3. The molecule has 14 heteroatoms. The number of amides is 2. The highest BCUT2D eigenvalue weighted by Gasteiger charge is 2.29. The summed E-state index contributed by atoms with van der Waals surface area (Å²) in [6.07, 6.45) is 0. The highest BCUT2D eigenvalue weighted by atomic mass is 35.5.